The van der Waals surface area contributed by atoms with Gasteiger partial charge in [-0.1, -0.05) is 48.5 Å². The largest absolute Gasteiger partial charge is 0.466 e. The number of hydrogen-bond donors (Lipinski definition) is 1. The number of halogens is 1. The normalized spacial score (nSPS) is 15.4. The summed E-state index contributed by atoms with van der Waals surface area (Å²) in [5, 5.41) is 3.59. The first-order valence-corrected chi connectivity index (χ1v) is 13.6. The molecule has 1 unspecified atom stereocenters. The van der Waals surface area contributed by atoms with Gasteiger partial charge in [-0.05, 0) is 89.9 Å². The molecule has 3 aromatic carbocycles. The second-order valence-corrected chi connectivity index (χ2v) is 9.93. The maximum absolute atomic E-state index is 12.9. The average Bonchev–Trinajstić information content (AvgIpc) is 3.58. The number of esters is 2. The highest BCUT2D eigenvalue weighted by Gasteiger charge is 2.22. The fourth-order valence-electron chi connectivity index (χ4n) is 5.04. The Labute approximate surface area is 239 Å². The number of rotatable bonds is 8. The van der Waals surface area contributed by atoms with Crippen LogP contribution in [0.3, 0.4) is 0 Å². The molecule has 3 aromatic rings. The molecule has 0 aliphatic heterocycles. The predicted octanol–water partition coefficient (Wildman–Crippen LogP) is 5.83. The van der Waals surface area contributed by atoms with Gasteiger partial charge in [-0.25, -0.2) is 14.0 Å². The van der Waals surface area contributed by atoms with Crippen molar-refractivity contribution in [3.8, 4) is 0 Å². The molecule has 0 radical (unpaired) electrons. The van der Waals surface area contributed by atoms with E-state index in [1.54, 1.807) is 12.2 Å². The summed E-state index contributed by atoms with van der Waals surface area (Å²) in [5.41, 5.74) is 7.60. The highest BCUT2D eigenvalue weighted by atomic mass is 19.1. The van der Waals surface area contributed by atoms with Crippen molar-refractivity contribution >= 4 is 29.9 Å². The Morgan fingerprint density at radius 2 is 1.49 bits per heavy atom. The summed E-state index contributed by atoms with van der Waals surface area (Å²) in [6, 6.07) is 18.9. The van der Waals surface area contributed by atoms with Crippen molar-refractivity contribution < 1.29 is 28.2 Å². The average molecular weight is 556 g/mol. The molecule has 2 aliphatic carbocycles. The van der Waals surface area contributed by atoms with Gasteiger partial charge in [0.25, 0.3) is 0 Å². The zero-order valence-corrected chi connectivity index (χ0v) is 23.3. The first-order chi connectivity index (χ1) is 19.9. The molecule has 0 fully saturated rings. The van der Waals surface area contributed by atoms with Crippen LogP contribution in [0.15, 0.2) is 72.8 Å². The van der Waals surface area contributed by atoms with E-state index in [2.05, 4.69) is 26.9 Å². The Kier molecular flexibility index (Phi) is 10.3. The van der Waals surface area contributed by atoms with Crippen molar-refractivity contribution in [1.29, 1.82) is 0 Å². The van der Waals surface area contributed by atoms with Crippen molar-refractivity contribution in [1.82, 2.24) is 5.32 Å². The number of ketones is 1. The molecule has 0 saturated carbocycles. The molecule has 0 aromatic heterocycles. The van der Waals surface area contributed by atoms with Crippen molar-refractivity contribution in [2.24, 2.45) is 0 Å². The summed E-state index contributed by atoms with van der Waals surface area (Å²) >= 11 is 0. The van der Waals surface area contributed by atoms with E-state index in [4.69, 9.17) is 0 Å². The van der Waals surface area contributed by atoms with Gasteiger partial charge in [-0.15, -0.1) is 0 Å². The summed E-state index contributed by atoms with van der Waals surface area (Å²) in [4.78, 5) is 33.5. The second-order valence-electron chi connectivity index (χ2n) is 9.93. The fraction of sp³-hybridized carbons (Fsp3) is 0.265. The third-order valence-corrected chi connectivity index (χ3v) is 7.24. The van der Waals surface area contributed by atoms with E-state index in [0.717, 1.165) is 60.0 Å². The maximum atomic E-state index is 12.9. The number of carbonyl (C=O) groups excluding carboxylic acids is 3. The Balaban J connectivity index is 0.000000208. The molecule has 0 bridgehead atoms. The van der Waals surface area contributed by atoms with Gasteiger partial charge in [0.15, 0.2) is 5.78 Å². The molecule has 1 N–H and O–H groups in total. The third-order valence-electron chi connectivity index (χ3n) is 7.24. The van der Waals surface area contributed by atoms with Crippen LogP contribution in [0.4, 0.5) is 4.39 Å². The van der Waals surface area contributed by atoms with Crippen LogP contribution >= 0.6 is 0 Å². The van der Waals surface area contributed by atoms with Crippen LogP contribution in [0.25, 0.3) is 12.2 Å². The smallest absolute Gasteiger partial charge is 0.330 e. The predicted molar refractivity (Wildman–Crippen MR) is 157 cm³/mol. The zero-order chi connectivity index (χ0) is 29.2. The lowest BCUT2D eigenvalue weighted by atomic mass is 10.0. The van der Waals surface area contributed by atoms with Crippen LogP contribution in [-0.4, -0.2) is 38.5 Å². The van der Waals surface area contributed by atoms with Gasteiger partial charge in [0, 0.05) is 30.2 Å². The van der Waals surface area contributed by atoms with Gasteiger partial charge in [0.1, 0.15) is 5.82 Å². The lowest BCUT2D eigenvalue weighted by Crippen LogP contribution is -2.21. The molecule has 41 heavy (non-hydrogen) atoms. The minimum Gasteiger partial charge on any atom is -0.466 e. The van der Waals surface area contributed by atoms with Gasteiger partial charge >= 0.3 is 11.9 Å². The first kappa shape index (κ1) is 29.6. The number of methoxy groups -OCH3 is 2. The van der Waals surface area contributed by atoms with E-state index in [-0.39, 0.29) is 23.5 Å². The van der Waals surface area contributed by atoms with Crippen LogP contribution in [0.2, 0.25) is 0 Å². The molecule has 0 heterocycles. The van der Waals surface area contributed by atoms with E-state index in [9.17, 15) is 18.8 Å². The van der Waals surface area contributed by atoms with E-state index < -0.39 is 0 Å². The monoisotopic (exact) mass is 555 g/mol. The standard InChI is InChI=1S/C21H22FNO2.C13H12O3/c1-25-21(24)11-5-16-4-9-19-17(14-16)6-10-20(19)23-13-12-15-2-7-18(22)8-3-15;1-16-13(15)7-3-9-2-5-11-10(8-9)4-6-12(11)14/h2-5,7-9,11,14,20,23H,6,10,12-13H2,1H3;2-3,5,7-8H,4,6H2,1H3/b11-5+;7-3+. The summed E-state index contributed by atoms with van der Waals surface area (Å²) in [6.45, 7) is 0.861. The van der Waals surface area contributed by atoms with Crippen molar-refractivity contribution in [2.45, 2.75) is 38.1 Å². The summed E-state index contributed by atoms with van der Waals surface area (Å²) in [5.74, 6) is -0.714. The summed E-state index contributed by atoms with van der Waals surface area (Å²) in [6.07, 6.45) is 10.7. The molecular formula is C34H34FNO5. The Morgan fingerprint density at radius 3 is 2.15 bits per heavy atom. The first-order valence-electron chi connectivity index (χ1n) is 13.6. The highest BCUT2D eigenvalue weighted by molar-refractivity contribution is 6.00. The minimum atomic E-state index is -0.378. The third kappa shape index (κ3) is 8.32. The van der Waals surface area contributed by atoms with E-state index in [0.29, 0.717) is 12.5 Å². The van der Waals surface area contributed by atoms with E-state index in [1.165, 1.54) is 49.6 Å². The van der Waals surface area contributed by atoms with Gasteiger partial charge in [0.05, 0.1) is 14.2 Å². The Morgan fingerprint density at radius 1 is 0.854 bits per heavy atom. The number of aryl methyl sites for hydroxylation is 2. The Hall–Kier alpha value is -4.36. The van der Waals surface area contributed by atoms with Crippen LogP contribution in [0, 0.1) is 5.82 Å². The lowest BCUT2D eigenvalue weighted by molar-refractivity contribution is -0.135. The highest BCUT2D eigenvalue weighted by Crippen LogP contribution is 2.32. The number of ether oxygens (including phenoxy) is 2. The van der Waals surface area contributed by atoms with Crippen LogP contribution in [-0.2, 0) is 38.3 Å². The molecule has 7 heteroatoms. The van der Waals surface area contributed by atoms with Gasteiger partial charge in [-0.3, -0.25) is 4.79 Å². The van der Waals surface area contributed by atoms with Crippen LogP contribution < -0.4 is 5.32 Å². The molecule has 212 valence electrons. The SMILES string of the molecule is COC(=O)/C=C/c1ccc2c(c1)CCC2=O.COC(=O)/C=C/c1ccc2c(c1)CCC2NCCc1ccc(F)cc1. The summed E-state index contributed by atoms with van der Waals surface area (Å²) < 4.78 is 22.0. The minimum absolute atomic E-state index is 0.196. The van der Waals surface area contributed by atoms with E-state index >= 15 is 0 Å². The molecule has 1 atom stereocenters. The van der Waals surface area contributed by atoms with Gasteiger partial charge < -0.3 is 14.8 Å². The molecule has 2 aliphatic rings. The van der Waals surface area contributed by atoms with Gasteiger partial charge in [0.2, 0.25) is 0 Å². The second kappa shape index (κ2) is 14.3. The molecule has 0 spiro atoms. The zero-order valence-electron chi connectivity index (χ0n) is 23.3. The van der Waals surface area contributed by atoms with Crippen molar-refractivity contribution in [3.63, 3.8) is 0 Å². The number of hydrogen-bond acceptors (Lipinski definition) is 6. The number of benzene rings is 3. The Bertz CT molecular complexity index is 1460. The topological polar surface area (TPSA) is 81.7 Å². The fourth-order valence-corrected chi connectivity index (χ4v) is 5.04. The van der Waals surface area contributed by atoms with Crippen LogP contribution in [0.1, 0.15) is 62.6 Å². The van der Waals surface area contributed by atoms with E-state index in [1.807, 2.05) is 36.4 Å². The maximum Gasteiger partial charge on any atom is 0.330 e. The molecule has 5 rings (SSSR count). The summed E-state index contributed by atoms with van der Waals surface area (Å²) in [7, 11) is 2.71. The number of Topliss-reactive ketones (excluding diaryl/α,β-unsaturated/α-hetero) is 1. The number of nitrogens with one attached hydrogen (secondary N) is 1. The molecule has 6 nitrogen and oxygen atoms in total. The number of carbonyl (C=O) groups is 3. The lowest BCUT2D eigenvalue weighted by Gasteiger charge is -2.14. The van der Waals surface area contributed by atoms with Crippen molar-refractivity contribution in [3.05, 3.63) is 118 Å². The molecular weight excluding hydrogens is 521 g/mol. The van der Waals surface area contributed by atoms with Crippen LogP contribution in [0.5, 0.6) is 0 Å². The molecule has 0 amide bonds. The number of fused-ring (bicyclic) bond motifs is 2. The van der Waals surface area contributed by atoms with Gasteiger partial charge in [-0.2, -0.15) is 0 Å². The quantitative estimate of drug-likeness (QED) is 0.278. The molecule has 0 saturated heterocycles. The van der Waals surface area contributed by atoms with Crippen molar-refractivity contribution in [2.75, 3.05) is 20.8 Å².